The Kier molecular flexibility index (Phi) is 5.24. The zero-order valence-corrected chi connectivity index (χ0v) is 14.5. The van der Waals surface area contributed by atoms with Crippen LogP contribution >= 0.6 is 11.3 Å². The maximum Gasteiger partial charge on any atom is 0.250 e. The lowest BCUT2D eigenvalue weighted by atomic mass is 10.2. The van der Waals surface area contributed by atoms with Crippen LogP contribution < -0.4 is 14.3 Å². The summed E-state index contributed by atoms with van der Waals surface area (Å²) < 4.78 is 13.9. The smallest absolute Gasteiger partial charge is 0.250 e. The SMILES string of the molecule is CCCn1c(=NC(=O)C(C)C)sc2c(OC)ccc(OC)c21. The fourth-order valence-electron chi connectivity index (χ4n) is 2.19. The van der Waals surface area contributed by atoms with Crippen LogP contribution in [0.2, 0.25) is 0 Å². The lowest BCUT2D eigenvalue weighted by Crippen LogP contribution is -2.18. The second-order valence-electron chi connectivity index (χ2n) is 5.29. The van der Waals surface area contributed by atoms with E-state index in [2.05, 4.69) is 11.9 Å². The molecule has 0 atom stereocenters. The second kappa shape index (κ2) is 6.96. The molecule has 0 radical (unpaired) electrons. The number of aryl methyl sites for hydroxylation is 1. The van der Waals surface area contributed by atoms with Crippen LogP contribution in [0.5, 0.6) is 11.5 Å². The Hall–Kier alpha value is -1.82. The molecule has 0 bridgehead atoms. The molecule has 0 aliphatic rings. The maximum atomic E-state index is 12.0. The number of hydrogen-bond donors (Lipinski definition) is 0. The molecule has 0 saturated carbocycles. The number of amides is 1. The predicted octanol–water partition coefficient (Wildman–Crippen LogP) is 3.21. The van der Waals surface area contributed by atoms with Gasteiger partial charge in [0.05, 0.1) is 14.2 Å². The number of nitrogens with zero attached hydrogens (tertiary/aromatic N) is 2. The van der Waals surface area contributed by atoms with Crippen LogP contribution in [-0.4, -0.2) is 24.7 Å². The minimum Gasteiger partial charge on any atom is -0.495 e. The van der Waals surface area contributed by atoms with Gasteiger partial charge in [-0.3, -0.25) is 4.79 Å². The molecule has 1 aromatic heterocycles. The summed E-state index contributed by atoms with van der Waals surface area (Å²) in [6.07, 6.45) is 0.940. The predicted molar refractivity (Wildman–Crippen MR) is 88.6 cm³/mol. The van der Waals surface area contributed by atoms with Gasteiger partial charge in [0.1, 0.15) is 21.7 Å². The normalized spacial score (nSPS) is 12.2. The number of rotatable bonds is 5. The Morgan fingerprint density at radius 3 is 2.45 bits per heavy atom. The summed E-state index contributed by atoms with van der Waals surface area (Å²) in [5.74, 6) is 1.29. The summed E-state index contributed by atoms with van der Waals surface area (Å²) in [6, 6.07) is 3.76. The number of carbonyl (C=O) groups excluding carboxylic acids is 1. The molecule has 2 rings (SSSR count). The van der Waals surface area contributed by atoms with Crippen molar-refractivity contribution in [2.24, 2.45) is 10.9 Å². The third-order valence-corrected chi connectivity index (χ3v) is 4.43. The first-order valence-electron chi connectivity index (χ1n) is 7.36. The number of methoxy groups -OCH3 is 2. The van der Waals surface area contributed by atoms with Gasteiger partial charge in [0.25, 0.3) is 5.91 Å². The number of hydrogen-bond acceptors (Lipinski definition) is 4. The summed E-state index contributed by atoms with van der Waals surface area (Å²) in [5.41, 5.74) is 0.934. The Bertz CT molecular complexity index is 744. The lowest BCUT2D eigenvalue weighted by Gasteiger charge is -2.09. The quantitative estimate of drug-likeness (QED) is 0.849. The van der Waals surface area contributed by atoms with E-state index >= 15 is 0 Å². The first kappa shape index (κ1) is 16.5. The number of carbonyl (C=O) groups is 1. The molecular formula is C16H22N2O3S. The summed E-state index contributed by atoms with van der Waals surface area (Å²) in [7, 11) is 3.28. The van der Waals surface area contributed by atoms with Crippen LogP contribution in [0.1, 0.15) is 27.2 Å². The van der Waals surface area contributed by atoms with E-state index in [0.29, 0.717) is 4.80 Å². The van der Waals surface area contributed by atoms with Gasteiger partial charge < -0.3 is 14.0 Å². The molecule has 5 nitrogen and oxygen atoms in total. The molecule has 22 heavy (non-hydrogen) atoms. The minimum absolute atomic E-state index is 0.116. The minimum atomic E-state index is -0.121. The molecule has 2 aromatic rings. The Morgan fingerprint density at radius 2 is 1.91 bits per heavy atom. The molecule has 0 unspecified atom stereocenters. The molecule has 120 valence electrons. The molecule has 0 aliphatic heterocycles. The zero-order valence-electron chi connectivity index (χ0n) is 13.7. The van der Waals surface area contributed by atoms with Gasteiger partial charge in [-0.25, -0.2) is 0 Å². The number of fused-ring (bicyclic) bond motifs is 1. The number of aromatic nitrogens is 1. The monoisotopic (exact) mass is 322 g/mol. The average Bonchev–Trinajstić information content (AvgIpc) is 2.85. The van der Waals surface area contributed by atoms with Crippen LogP contribution in [0.15, 0.2) is 17.1 Å². The standard InChI is InChI=1S/C16H22N2O3S/c1-6-9-18-13-11(20-4)7-8-12(21-5)14(13)22-16(18)17-15(19)10(2)3/h7-8,10H,6,9H2,1-5H3. The topological polar surface area (TPSA) is 52.8 Å². The van der Waals surface area contributed by atoms with Crippen molar-refractivity contribution in [1.82, 2.24) is 4.57 Å². The molecule has 1 heterocycles. The van der Waals surface area contributed by atoms with Gasteiger partial charge in [-0.2, -0.15) is 4.99 Å². The maximum absolute atomic E-state index is 12.0. The second-order valence-corrected chi connectivity index (χ2v) is 6.27. The summed E-state index contributed by atoms with van der Waals surface area (Å²) in [4.78, 5) is 17.0. The van der Waals surface area contributed by atoms with Gasteiger partial charge in [-0.1, -0.05) is 32.1 Å². The Morgan fingerprint density at radius 1 is 1.27 bits per heavy atom. The van der Waals surface area contributed by atoms with E-state index in [4.69, 9.17) is 9.47 Å². The van der Waals surface area contributed by atoms with Crippen molar-refractivity contribution in [2.75, 3.05) is 14.2 Å². The van der Waals surface area contributed by atoms with Crippen LogP contribution in [0.3, 0.4) is 0 Å². The van der Waals surface area contributed by atoms with E-state index < -0.39 is 0 Å². The van der Waals surface area contributed by atoms with Gasteiger partial charge in [-0.15, -0.1) is 0 Å². The largest absolute Gasteiger partial charge is 0.495 e. The van der Waals surface area contributed by atoms with Gasteiger partial charge in [0.15, 0.2) is 4.80 Å². The van der Waals surface area contributed by atoms with Gasteiger partial charge >= 0.3 is 0 Å². The molecule has 0 N–H and O–H groups in total. The molecular weight excluding hydrogens is 300 g/mol. The molecule has 1 amide bonds. The van der Waals surface area contributed by atoms with E-state index in [1.54, 1.807) is 14.2 Å². The molecule has 0 spiro atoms. The van der Waals surface area contributed by atoms with Gasteiger partial charge in [0, 0.05) is 12.5 Å². The van der Waals surface area contributed by atoms with E-state index in [1.165, 1.54) is 11.3 Å². The number of benzene rings is 1. The molecule has 1 aromatic carbocycles. The van der Waals surface area contributed by atoms with Crippen molar-refractivity contribution in [3.63, 3.8) is 0 Å². The average molecular weight is 322 g/mol. The highest BCUT2D eigenvalue weighted by Gasteiger charge is 2.16. The first-order valence-corrected chi connectivity index (χ1v) is 8.18. The van der Waals surface area contributed by atoms with E-state index in [0.717, 1.165) is 34.7 Å². The Labute approximate surface area is 134 Å². The van der Waals surface area contributed by atoms with Crippen LogP contribution in [-0.2, 0) is 11.3 Å². The van der Waals surface area contributed by atoms with Crippen LogP contribution in [0.25, 0.3) is 10.2 Å². The number of thiazole rings is 1. The highest BCUT2D eigenvalue weighted by Crippen LogP contribution is 2.35. The molecule has 0 aliphatic carbocycles. The van der Waals surface area contributed by atoms with Gasteiger partial charge in [-0.05, 0) is 18.6 Å². The lowest BCUT2D eigenvalue weighted by molar-refractivity contribution is -0.120. The van der Waals surface area contributed by atoms with Crippen molar-refractivity contribution in [1.29, 1.82) is 0 Å². The zero-order chi connectivity index (χ0) is 16.3. The Balaban J connectivity index is 2.82. The van der Waals surface area contributed by atoms with E-state index in [9.17, 15) is 4.79 Å². The summed E-state index contributed by atoms with van der Waals surface area (Å²) >= 11 is 1.46. The van der Waals surface area contributed by atoms with Crippen LogP contribution in [0, 0.1) is 5.92 Å². The fraction of sp³-hybridized carbons (Fsp3) is 0.500. The molecule has 0 fully saturated rings. The van der Waals surface area contributed by atoms with Crippen molar-refractivity contribution in [2.45, 2.75) is 33.7 Å². The highest BCUT2D eigenvalue weighted by molar-refractivity contribution is 7.16. The third kappa shape index (κ3) is 3.02. The summed E-state index contributed by atoms with van der Waals surface area (Å²) in [5, 5.41) is 0. The van der Waals surface area contributed by atoms with Crippen LogP contribution in [0.4, 0.5) is 0 Å². The summed E-state index contributed by atoms with van der Waals surface area (Å²) in [6.45, 7) is 6.57. The first-order chi connectivity index (χ1) is 10.5. The van der Waals surface area contributed by atoms with Crippen molar-refractivity contribution in [3.8, 4) is 11.5 Å². The van der Waals surface area contributed by atoms with Crippen molar-refractivity contribution in [3.05, 3.63) is 16.9 Å². The molecule has 6 heteroatoms. The number of ether oxygens (including phenoxy) is 2. The molecule has 0 saturated heterocycles. The highest BCUT2D eigenvalue weighted by atomic mass is 32.1. The van der Waals surface area contributed by atoms with Crippen molar-refractivity contribution < 1.29 is 14.3 Å². The third-order valence-electron chi connectivity index (χ3n) is 3.34. The van der Waals surface area contributed by atoms with E-state index in [-0.39, 0.29) is 11.8 Å². The van der Waals surface area contributed by atoms with Gasteiger partial charge in [0.2, 0.25) is 0 Å². The van der Waals surface area contributed by atoms with Crippen molar-refractivity contribution >= 4 is 27.5 Å². The fourth-order valence-corrected chi connectivity index (χ4v) is 3.36. The van der Waals surface area contributed by atoms with E-state index in [1.807, 2.05) is 30.5 Å².